The SMILES string of the molecule is O=C(NCCC(O)c1ccoc1)C1(c2ccc(Cl)cc2)CCCC1. The third kappa shape index (κ3) is 3.50. The van der Waals surface area contributed by atoms with Crippen LogP contribution in [0.5, 0.6) is 0 Å². The van der Waals surface area contributed by atoms with Crippen molar-refractivity contribution in [1.82, 2.24) is 5.32 Å². The molecular formula is C19H22ClNO3. The lowest BCUT2D eigenvalue weighted by Gasteiger charge is -2.28. The minimum atomic E-state index is -0.626. The van der Waals surface area contributed by atoms with E-state index in [0.717, 1.165) is 36.8 Å². The summed E-state index contributed by atoms with van der Waals surface area (Å²) < 4.78 is 4.97. The van der Waals surface area contributed by atoms with Crippen molar-refractivity contribution in [3.05, 3.63) is 59.0 Å². The molecule has 0 saturated heterocycles. The fourth-order valence-electron chi connectivity index (χ4n) is 3.52. The van der Waals surface area contributed by atoms with Crippen LogP contribution in [0.2, 0.25) is 5.02 Å². The monoisotopic (exact) mass is 347 g/mol. The molecule has 3 rings (SSSR count). The van der Waals surface area contributed by atoms with Gasteiger partial charge in [0.15, 0.2) is 0 Å². The van der Waals surface area contributed by atoms with E-state index in [1.807, 2.05) is 24.3 Å². The molecule has 1 aliphatic carbocycles. The maximum atomic E-state index is 12.9. The molecule has 0 radical (unpaired) electrons. The van der Waals surface area contributed by atoms with Crippen LogP contribution < -0.4 is 5.32 Å². The number of aliphatic hydroxyl groups is 1. The molecule has 24 heavy (non-hydrogen) atoms. The number of carbonyl (C=O) groups excluding carboxylic acids is 1. The Balaban J connectivity index is 1.64. The number of hydrogen-bond donors (Lipinski definition) is 2. The summed E-state index contributed by atoms with van der Waals surface area (Å²) >= 11 is 5.97. The highest BCUT2D eigenvalue weighted by molar-refractivity contribution is 6.30. The third-order valence-corrected chi connectivity index (χ3v) is 5.17. The van der Waals surface area contributed by atoms with Gasteiger partial charge >= 0.3 is 0 Å². The Hall–Kier alpha value is -1.78. The number of amides is 1. The fourth-order valence-corrected chi connectivity index (χ4v) is 3.64. The lowest BCUT2D eigenvalue weighted by atomic mass is 9.78. The largest absolute Gasteiger partial charge is 0.472 e. The molecule has 1 amide bonds. The van der Waals surface area contributed by atoms with Crippen LogP contribution in [0.25, 0.3) is 0 Å². The lowest BCUT2D eigenvalue weighted by Crippen LogP contribution is -2.43. The normalized spacial score (nSPS) is 17.6. The summed E-state index contributed by atoms with van der Waals surface area (Å²) in [7, 11) is 0. The van der Waals surface area contributed by atoms with Gasteiger partial charge in [0, 0.05) is 17.1 Å². The second-order valence-electron chi connectivity index (χ2n) is 6.41. The van der Waals surface area contributed by atoms with Crippen LogP contribution in [-0.4, -0.2) is 17.6 Å². The van der Waals surface area contributed by atoms with Gasteiger partial charge in [-0.05, 0) is 43.0 Å². The van der Waals surface area contributed by atoms with E-state index < -0.39 is 11.5 Å². The van der Waals surface area contributed by atoms with E-state index in [2.05, 4.69) is 5.32 Å². The zero-order chi connectivity index (χ0) is 17.0. The van der Waals surface area contributed by atoms with E-state index in [4.69, 9.17) is 16.0 Å². The standard InChI is InChI=1S/C19H22ClNO3/c20-16-5-3-15(4-6-16)19(9-1-2-10-19)18(23)21-11-7-17(22)14-8-12-24-13-14/h3-6,8,12-13,17,22H,1-2,7,9-11H2,(H,21,23). The van der Waals surface area contributed by atoms with Crippen molar-refractivity contribution in [2.75, 3.05) is 6.54 Å². The molecule has 1 saturated carbocycles. The highest BCUT2D eigenvalue weighted by Gasteiger charge is 2.42. The Morgan fingerprint density at radius 1 is 1.25 bits per heavy atom. The van der Waals surface area contributed by atoms with Gasteiger partial charge in [-0.25, -0.2) is 0 Å². The molecule has 1 heterocycles. The predicted molar refractivity (Wildman–Crippen MR) is 92.9 cm³/mol. The maximum absolute atomic E-state index is 12.9. The van der Waals surface area contributed by atoms with Gasteiger partial charge in [0.05, 0.1) is 24.0 Å². The summed E-state index contributed by atoms with van der Waals surface area (Å²) in [6.07, 6.45) is 6.70. The van der Waals surface area contributed by atoms with Crippen LogP contribution >= 0.6 is 11.6 Å². The highest BCUT2D eigenvalue weighted by atomic mass is 35.5. The van der Waals surface area contributed by atoms with Crippen molar-refractivity contribution < 1.29 is 14.3 Å². The van der Waals surface area contributed by atoms with Crippen LogP contribution in [0.4, 0.5) is 0 Å². The van der Waals surface area contributed by atoms with E-state index >= 15 is 0 Å². The molecule has 1 aliphatic rings. The van der Waals surface area contributed by atoms with Crippen LogP contribution in [0.15, 0.2) is 47.3 Å². The van der Waals surface area contributed by atoms with Gasteiger partial charge in [0.2, 0.25) is 5.91 Å². The Labute approximate surface area is 146 Å². The number of carbonyl (C=O) groups is 1. The molecule has 4 nitrogen and oxygen atoms in total. The number of rotatable bonds is 6. The summed E-state index contributed by atoms with van der Waals surface area (Å²) in [5, 5.41) is 13.8. The second-order valence-corrected chi connectivity index (χ2v) is 6.85. The van der Waals surface area contributed by atoms with E-state index in [0.29, 0.717) is 18.0 Å². The molecular weight excluding hydrogens is 326 g/mol. The quantitative estimate of drug-likeness (QED) is 0.830. The van der Waals surface area contributed by atoms with E-state index in [-0.39, 0.29) is 5.91 Å². The Kier molecular flexibility index (Phi) is 5.27. The van der Waals surface area contributed by atoms with Gasteiger partial charge in [-0.2, -0.15) is 0 Å². The molecule has 1 atom stereocenters. The van der Waals surface area contributed by atoms with E-state index in [1.54, 1.807) is 6.07 Å². The number of benzene rings is 1. The van der Waals surface area contributed by atoms with Gasteiger partial charge in [0.25, 0.3) is 0 Å². The molecule has 0 aliphatic heterocycles. The fraction of sp³-hybridized carbons (Fsp3) is 0.421. The van der Waals surface area contributed by atoms with Crippen LogP contribution in [-0.2, 0) is 10.2 Å². The predicted octanol–water partition coefficient (Wildman–Crippen LogP) is 3.98. The third-order valence-electron chi connectivity index (χ3n) is 4.92. The summed E-state index contributed by atoms with van der Waals surface area (Å²) in [6, 6.07) is 9.32. The average Bonchev–Trinajstić information content (AvgIpc) is 3.28. The molecule has 1 unspecified atom stereocenters. The summed E-state index contributed by atoms with van der Waals surface area (Å²) in [5.74, 6) is 0.0433. The molecule has 2 N–H and O–H groups in total. The van der Waals surface area contributed by atoms with Gasteiger partial charge in [0.1, 0.15) is 0 Å². The minimum absolute atomic E-state index is 0.0433. The molecule has 128 valence electrons. The molecule has 0 spiro atoms. The van der Waals surface area contributed by atoms with Crippen molar-refractivity contribution in [3.8, 4) is 0 Å². The van der Waals surface area contributed by atoms with E-state index in [9.17, 15) is 9.90 Å². The topological polar surface area (TPSA) is 62.5 Å². The molecule has 2 aromatic rings. The second kappa shape index (κ2) is 7.41. The van der Waals surface area contributed by atoms with Crippen molar-refractivity contribution in [2.24, 2.45) is 0 Å². The van der Waals surface area contributed by atoms with E-state index in [1.165, 1.54) is 12.5 Å². The Morgan fingerprint density at radius 2 is 1.96 bits per heavy atom. The summed E-state index contributed by atoms with van der Waals surface area (Å²) in [5.41, 5.74) is 1.29. The zero-order valence-corrected chi connectivity index (χ0v) is 14.3. The first kappa shape index (κ1) is 17.1. The van der Waals surface area contributed by atoms with Gasteiger partial charge in [-0.15, -0.1) is 0 Å². The lowest BCUT2D eigenvalue weighted by molar-refractivity contribution is -0.126. The number of furan rings is 1. The first-order valence-corrected chi connectivity index (χ1v) is 8.74. The molecule has 0 bridgehead atoms. The average molecular weight is 348 g/mol. The number of aliphatic hydroxyl groups excluding tert-OH is 1. The van der Waals surface area contributed by atoms with Crippen LogP contribution in [0.1, 0.15) is 49.3 Å². The highest BCUT2D eigenvalue weighted by Crippen LogP contribution is 2.41. The first-order valence-electron chi connectivity index (χ1n) is 8.36. The van der Waals surface area contributed by atoms with Gasteiger partial charge in [-0.3, -0.25) is 4.79 Å². The van der Waals surface area contributed by atoms with Gasteiger partial charge in [-0.1, -0.05) is 36.6 Å². The van der Waals surface area contributed by atoms with Crippen molar-refractivity contribution in [1.29, 1.82) is 0 Å². The number of nitrogens with one attached hydrogen (secondary N) is 1. The number of halogens is 1. The maximum Gasteiger partial charge on any atom is 0.230 e. The number of hydrogen-bond acceptors (Lipinski definition) is 3. The smallest absolute Gasteiger partial charge is 0.230 e. The minimum Gasteiger partial charge on any atom is -0.472 e. The van der Waals surface area contributed by atoms with Gasteiger partial charge < -0.3 is 14.8 Å². The molecule has 1 aromatic heterocycles. The Morgan fingerprint density at radius 3 is 2.58 bits per heavy atom. The van der Waals surface area contributed by atoms with Crippen molar-refractivity contribution in [3.63, 3.8) is 0 Å². The van der Waals surface area contributed by atoms with Crippen LogP contribution in [0, 0.1) is 0 Å². The Bertz CT molecular complexity index is 660. The molecule has 1 fully saturated rings. The first-order chi connectivity index (χ1) is 11.6. The summed E-state index contributed by atoms with van der Waals surface area (Å²) in [6.45, 7) is 0.431. The molecule has 5 heteroatoms. The van der Waals surface area contributed by atoms with Crippen molar-refractivity contribution in [2.45, 2.75) is 43.6 Å². The van der Waals surface area contributed by atoms with Crippen LogP contribution in [0.3, 0.4) is 0 Å². The summed E-state index contributed by atoms with van der Waals surface area (Å²) in [4.78, 5) is 12.9. The zero-order valence-electron chi connectivity index (χ0n) is 13.5. The van der Waals surface area contributed by atoms with Crippen molar-refractivity contribution >= 4 is 17.5 Å². The molecule has 1 aromatic carbocycles.